The maximum absolute atomic E-state index is 13.6. The van der Waals surface area contributed by atoms with Crippen LogP contribution in [-0.4, -0.2) is 11.1 Å². The predicted octanol–water partition coefficient (Wildman–Crippen LogP) is 4.04. The molecule has 1 heterocycles. The van der Waals surface area contributed by atoms with Crippen molar-refractivity contribution in [2.75, 3.05) is 0 Å². The molecule has 2 aromatic carbocycles. The van der Waals surface area contributed by atoms with Gasteiger partial charge in [-0.25, -0.2) is 4.39 Å². The first-order chi connectivity index (χ1) is 12.2. The molecular formula is C19H12FN3OS. The SMILES string of the molecule is N#CN=C1NC(=O)/C(=C\c2ccc(/C=C/c3ccccc3F)cc2)S1. The molecule has 1 N–H and O–H groups in total. The number of nitrogens with one attached hydrogen (secondary N) is 1. The average Bonchev–Trinajstić information content (AvgIpc) is 2.95. The van der Waals surface area contributed by atoms with Crippen molar-refractivity contribution < 1.29 is 9.18 Å². The van der Waals surface area contributed by atoms with Gasteiger partial charge in [0.25, 0.3) is 5.91 Å². The van der Waals surface area contributed by atoms with Gasteiger partial charge in [0.2, 0.25) is 6.19 Å². The Balaban J connectivity index is 1.74. The topological polar surface area (TPSA) is 65.2 Å². The fraction of sp³-hybridized carbons (Fsp3) is 0. The number of rotatable bonds is 3. The number of thioether (sulfide) groups is 1. The summed E-state index contributed by atoms with van der Waals surface area (Å²) in [6.45, 7) is 0. The molecule has 25 heavy (non-hydrogen) atoms. The van der Waals surface area contributed by atoms with Crippen LogP contribution < -0.4 is 5.32 Å². The molecule has 0 aromatic heterocycles. The smallest absolute Gasteiger partial charge is 0.264 e. The van der Waals surface area contributed by atoms with Crippen LogP contribution in [0.3, 0.4) is 0 Å². The van der Waals surface area contributed by atoms with E-state index in [1.165, 1.54) is 6.07 Å². The molecular weight excluding hydrogens is 337 g/mol. The van der Waals surface area contributed by atoms with Crippen molar-refractivity contribution in [3.8, 4) is 6.19 Å². The third kappa shape index (κ3) is 4.22. The second kappa shape index (κ2) is 7.60. The van der Waals surface area contributed by atoms with E-state index in [1.807, 2.05) is 30.3 Å². The molecule has 1 saturated heterocycles. The molecule has 6 heteroatoms. The molecule has 0 spiro atoms. The van der Waals surface area contributed by atoms with Gasteiger partial charge in [-0.3, -0.25) is 10.1 Å². The Morgan fingerprint density at radius 3 is 2.52 bits per heavy atom. The van der Waals surface area contributed by atoms with Crippen LogP contribution in [0.15, 0.2) is 58.4 Å². The van der Waals surface area contributed by atoms with Gasteiger partial charge in [0.05, 0.1) is 4.91 Å². The van der Waals surface area contributed by atoms with Gasteiger partial charge in [-0.05, 0) is 35.0 Å². The number of nitrogens with zero attached hydrogens (tertiary/aromatic N) is 2. The quantitative estimate of drug-likeness (QED) is 0.517. The second-order valence-corrected chi connectivity index (χ2v) is 6.13. The number of hydrogen-bond donors (Lipinski definition) is 1. The lowest BCUT2D eigenvalue weighted by molar-refractivity contribution is -0.115. The number of hydrogen-bond acceptors (Lipinski definition) is 4. The minimum Gasteiger partial charge on any atom is -0.300 e. The van der Waals surface area contributed by atoms with Gasteiger partial charge in [-0.1, -0.05) is 54.6 Å². The van der Waals surface area contributed by atoms with E-state index in [2.05, 4.69) is 10.3 Å². The first-order valence-corrected chi connectivity index (χ1v) is 8.18. The summed E-state index contributed by atoms with van der Waals surface area (Å²) in [7, 11) is 0. The lowest BCUT2D eigenvalue weighted by Gasteiger charge is -1.98. The van der Waals surface area contributed by atoms with Crippen LogP contribution in [0.25, 0.3) is 18.2 Å². The van der Waals surface area contributed by atoms with E-state index < -0.39 is 0 Å². The maximum Gasteiger partial charge on any atom is 0.264 e. The molecule has 0 aliphatic carbocycles. The molecule has 0 unspecified atom stereocenters. The number of nitriles is 1. The van der Waals surface area contributed by atoms with Gasteiger partial charge < -0.3 is 0 Å². The molecule has 0 atom stereocenters. The molecule has 1 aliphatic heterocycles. The Kier molecular flexibility index (Phi) is 5.07. The largest absolute Gasteiger partial charge is 0.300 e. The van der Waals surface area contributed by atoms with Crippen LogP contribution in [0.4, 0.5) is 4.39 Å². The number of halogens is 1. The molecule has 122 valence electrons. The zero-order chi connectivity index (χ0) is 17.6. The maximum atomic E-state index is 13.6. The number of amidine groups is 1. The highest BCUT2D eigenvalue weighted by atomic mass is 32.2. The standard InChI is InChI=1S/C19H12FN3OS/c20-16-4-2-1-3-15(16)10-9-13-5-7-14(8-6-13)11-17-18(24)23-19(25-17)22-12-21/h1-11H,(H,22,23,24)/b10-9+,17-11+. The van der Waals surface area contributed by atoms with Crippen molar-refractivity contribution in [3.63, 3.8) is 0 Å². The van der Waals surface area contributed by atoms with E-state index in [0.717, 1.165) is 22.9 Å². The highest BCUT2D eigenvalue weighted by Crippen LogP contribution is 2.26. The van der Waals surface area contributed by atoms with E-state index in [1.54, 1.807) is 36.5 Å². The summed E-state index contributed by atoms with van der Waals surface area (Å²) in [5.74, 6) is -0.540. The van der Waals surface area contributed by atoms with Crippen LogP contribution in [0.2, 0.25) is 0 Å². The summed E-state index contributed by atoms with van der Waals surface area (Å²) in [5.41, 5.74) is 2.29. The van der Waals surface area contributed by atoms with Crippen molar-refractivity contribution in [2.24, 2.45) is 4.99 Å². The molecule has 0 radical (unpaired) electrons. The predicted molar refractivity (Wildman–Crippen MR) is 98.5 cm³/mol. The molecule has 0 bridgehead atoms. The van der Waals surface area contributed by atoms with E-state index in [-0.39, 0.29) is 16.9 Å². The third-order valence-electron chi connectivity index (χ3n) is 3.40. The third-order valence-corrected chi connectivity index (χ3v) is 4.31. The summed E-state index contributed by atoms with van der Waals surface area (Å²) in [6.07, 6.45) is 6.91. The number of amides is 1. The molecule has 4 nitrogen and oxygen atoms in total. The Morgan fingerprint density at radius 1 is 1.08 bits per heavy atom. The van der Waals surface area contributed by atoms with Crippen molar-refractivity contribution in [2.45, 2.75) is 0 Å². The molecule has 1 aliphatic rings. The fourth-order valence-electron chi connectivity index (χ4n) is 2.18. The van der Waals surface area contributed by atoms with Crippen LogP contribution in [-0.2, 0) is 4.79 Å². The van der Waals surface area contributed by atoms with Crippen LogP contribution in [0.5, 0.6) is 0 Å². The highest BCUT2D eigenvalue weighted by molar-refractivity contribution is 8.18. The Labute approximate surface area is 148 Å². The summed E-state index contributed by atoms with van der Waals surface area (Å²) < 4.78 is 13.6. The van der Waals surface area contributed by atoms with Gasteiger partial charge in [0, 0.05) is 5.56 Å². The minimum absolute atomic E-state index is 0.265. The van der Waals surface area contributed by atoms with Gasteiger partial charge in [-0.2, -0.15) is 5.26 Å². The van der Waals surface area contributed by atoms with Gasteiger partial charge in [0.1, 0.15) is 5.82 Å². The van der Waals surface area contributed by atoms with Crippen LogP contribution in [0.1, 0.15) is 16.7 Å². The summed E-state index contributed by atoms with van der Waals surface area (Å²) in [5, 5.41) is 11.3. The molecule has 3 rings (SSSR count). The Bertz CT molecular complexity index is 940. The number of aliphatic imine (C=N–C) groups is 1. The Morgan fingerprint density at radius 2 is 1.80 bits per heavy atom. The van der Waals surface area contributed by atoms with Gasteiger partial charge in [-0.15, -0.1) is 4.99 Å². The number of benzene rings is 2. The zero-order valence-electron chi connectivity index (χ0n) is 12.9. The lowest BCUT2D eigenvalue weighted by atomic mass is 10.1. The monoisotopic (exact) mass is 349 g/mol. The normalized spacial score (nSPS) is 17.2. The Hall–Kier alpha value is -3.17. The molecule has 0 saturated carbocycles. The summed E-state index contributed by atoms with van der Waals surface area (Å²) >= 11 is 1.12. The zero-order valence-corrected chi connectivity index (χ0v) is 13.8. The molecule has 1 fully saturated rings. The molecule has 2 aromatic rings. The van der Waals surface area contributed by atoms with E-state index in [9.17, 15) is 9.18 Å². The van der Waals surface area contributed by atoms with Crippen LogP contribution >= 0.6 is 11.8 Å². The highest BCUT2D eigenvalue weighted by Gasteiger charge is 2.23. The number of carbonyl (C=O) groups is 1. The summed E-state index contributed by atoms with van der Waals surface area (Å²) in [4.78, 5) is 15.8. The fourth-order valence-corrected chi connectivity index (χ4v) is 2.95. The number of carbonyl (C=O) groups excluding carboxylic acids is 1. The lowest BCUT2D eigenvalue weighted by Crippen LogP contribution is -2.19. The van der Waals surface area contributed by atoms with Crippen molar-refractivity contribution in [1.82, 2.24) is 5.32 Å². The average molecular weight is 349 g/mol. The van der Waals surface area contributed by atoms with E-state index in [0.29, 0.717) is 10.5 Å². The van der Waals surface area contributed by atoms with Crippen molar-refractivity contribution in [3.05, 3.63) is 75.9 Å². The van der Waals surface area contributed by atoms with Crippen LogP contribution in [0, 0.1) is 17.3 Å². The second-order valence-electron chi connectivity index (χ2n) is 5.10. The first kappa shape index (κ1) is 16.7. The van der Waals surface area contributed by atoms with Gasteiger partial charge in [0.15, 0.2) is 5.17 Å². The van der Waals surface area contributed by atoms with Gasteiger partial charge >= 0.3 is 0 Å². The summed E-state index contributed by atoms with van der Waals surface area (Å²) in [6, 6.07) is 14.1. The minimum atomic E-state index is -0.275. The van der Waals surface area contributed by atoms with E-state index >= 15 is 0 Å². The van der Waals surface area contributed by atoms with Crippen molar-refractivity contribution in [1.29, 1.82) is 5.26 Å². The van der Waals surface area contributed by atoms with Crippen molar-refractivity contribution >= 4 is 41.1 Å². The first-order valence-electron chi connectivity index (χ1n) is 7.36. The molecule has 1 amide bonds. The van der Waals surface area contributed by atoms with E-state index in [4.69, 9.17) is 5.26 Å².